The van der Waals surface area contributed by atoms with E-state index < -0.39 is 6.17 Å². The molecule has 1 aliphatic rings. The zero-order chi connectivity index (χ0) is 6.85. The van der Waals surface area contributed by atoms with Crippen LogP contribution in [0.15, 0.2) is 12.4 Å². The minimum absolute atomic E-state index is 0.347. The van der Waals surface area contributed by atoms with Gasteiger partial charge in [-0.1, -0.05) is 15.9 Å². The van der Waals surface area contributed by atoms with Gasteiger partial charge < -0.3 is 0 Å². The monoisotopic (exact) mass is 134 g/mol. The van der Waals surface area contributed by atoms with Crippen molar-refractivity contribution in [2.45, 2.75) is 19.5 Å². The lowest BCUT2D eigenvalue weighted by atomic mass is 10.4. The van der Waals surface area contributed by atoms with Crippen LogP contribution in [-0.4, -0.2) is 16.4 Å². The van der Waals surface area contributed by atoms with Gasteiger partial charge in [-0.05, 0) is 6.42 Å². The highest BCUT2D eigenvalue weighted by Crippen LogP contribution is 2.18. The summed E-state index contributed by atoms with van der Waals surface area (Å²) in [6.45, 7) is 1.72. The van der Waals surface area contributed by atoms with Gasteiger partial charge in [0.2, 0.25) is 0 Å². The summed E-state index contributed by atoms with van der Waals surface area (Å²) in [7, 11) is 0. The fraction of sp³-hybridized carbons (Fsp3) is 0.600. The Balaban J connectivity index is 2.53. The molecule has 1 aliphatic heterocycles. The lowest BCUT2D eigenvalue weighted by molar-refractivity contribution is -0.0809. The summed E-state index contributed by atoms with van der Waals surface area (Å²) in [5.41, 5.74) is 0. The van der Waals surface area contributed by atoms with Crippen molar-refractivity contribution >= 4 is 0 Å². The average Bonchev–Trinajstić information content (AvgIpc) is 2.12. The highest BCUT2D eigenvalue weighted by molar-refractivity contribution is 4.87. The molecule has 0 fully saturated rings. The van der Waals surface area contributed by atoms with Crippen molar-refractivity contribution in [3.63, 3.8) is 0 Å². The molecule has 0 spiro atoms. The number of nitrogens with zero attached hydrogens (tertiary/aromatic N) is 2. The Hall–Kier alpha value is -0.800. The predicted molar refractivity (Wildman–Crippen MR) is 29.1 cm³/mol. The Morgan fingerprint density at radius 3 is 2.00 bits per heavy atom. The van der Waals surface area contributed by atoms with Gasteiger partial charge in [-0.2, -0.15) is 10.2 Å². The highest BCUT2D eigenvalue weighted by atomic mass is 19.2. The molecule has 0 atom stereocenters. The molecule has 0 amide bonds. The largest absolute Gasteiger partial charge is 0.192 e. The van der Waals surface area contributed by atoms with Crippen molar-refractivity contribution in [3.05, 3.63) is 12.4 Å². The van der Waals surface area contributed by atoms with Gasteiger partial charge in [0.05, 0.1) is 12.4 Å². The van der Waals surface area contributed by atoms with E-state index >= 15 is 0 Å². The Bertz CT molecular complexity index is 114. The molecule has 0 saturated carbocycles. The molecule has 9 heavy (non-hydrogen) atoms. The number of hydrogen-bond acceptors (Lipinski definition) is 2. The first-order valence-corrected chi connectivity index (χ1v) is 2.82. The normalized spacial score (nSPS) is 19.9. The standard InChI is InChI=1S/C5H8F2N2/c1-2-5-8(6)3-4-9(5)7/h3-5H,2H2,1H3. The third kappa shape index (κ3) is 0.966. The van der Waals surface area contributed by atoms with Crippen LogP contribution in [0.25, 0.3) is 0 Å². The van der Waals surface area contributed by atoms with Crippen LogP contribution in [0.5, 0.6) is 0 Å². The van der Waals surface area contributed by atoms with Gasteiger partial charge in [0, 0.05) is 0 Å². The van der Waals surface area contributed by atoms with E-state index in [4.69, 9.17) is 0 Å². The van der Waals surface area contributed by atoms with Gasteiger partial charge in [0.25, 0.3) is 0 Å². The van der Waals surface area contributed by atoms with Gasteiger partial charge in [-0.3, -0.25) is 0 Å². The molecule has 2 nitrogen and oxygen atoms in total. The SMILES string of the molecule is CCC1N(F)C=CN1F. The van der Waals surface area contributed by atoms with Crippen LogP contribution in [0.3, 0.4) is 0 Å². The Morgan fingerprint density at radius 2 is 1.78 bits per heavy atom. The van der Waals surface area contributed by atoms with E-state index in [1.165, 1.54) is 0 Å². The maximum atomic E-state index is 12.3. The van der Waals surface area contributed by atoms with Crippen LogP contribution >= 0.6 is 0 Å². The van der Waals surface area contributed by atoms with Crippen molar-refractivity contribution in [2.24, 2.45) is 0 Å². The van der Waals surface area contributed by atoms with Crippen molar-refractivity contribution < 1.29 is 8.96 Å². The average molecular weight is 134 g/mol. The van der Waals surface area contributed by atoms with Gasteiger partial charge in [-0.25, -0.2) is 0 Å². The molecular weight excluding hydrogens is 126 g/mol. The summed E-state index contributed by atoms with van der Waals surface area (Å²) in [6.07, 6.45) is 1.81. The molecule has 0 aromatic heterocycles. The van der Waals surface area contributed by atoms with E-state index in [0.717, 1.165) is 12.4 Å². The number of halogens is 2. The van der Waals surface area contributed by atoms with E-state index in [0.29, 0.717) is 16.7 Å². The quantitative estimate of drug-likeness (QED) is 0.502. The third-order valence-electron chi connectivity index (χ3n) is 1.29. The molecule has 0 radical (unpaired) electrons. The first kappa shape index (κ1) is 6.32. The summed E-state index contributed by atoms with van der Waals surface area (Å²) < 4.78 is 24.6. The van der Waals surface area contributed by atoms with Gasteiger partial charge in [0.1, 0.15) is 0 Å². The first-order chi connectivity index (χ1) is 4.25. The number of rotatable bonds is 1. The Kier molecular flexibility index (Phi) is 1.55. The molecule has 0 saturated heterocycles. The van der Waals surface area contributed by atoms with E-state index in [9.17, 15) is 8.96 Å². The Labute approximate surface area is 52.2 Å². The van der Waals surface area contributed by atoms with Gasteiger partial charge in [-0.15, -0.1) is 0 Å². The van der Waals surface area contributed by atoms with Crippen LogP contribution in [0.2, 0.25) is 0 Å². The number of hydrogen-bond donors (Lipinski definition) is 0. The molecule has 52 valence electrons. The van der Waals surface area contributed by atoms with Crippen LogP contribution < -0.4 is 0 Å². The van der Waals surface area contributed by atoms with Crippen molar-refractivity contribution in [1.82, 2.24) is 10.2 Å². The summed E-state index contributed by atoms with van der Waals surface area (Å²) in [5, 5.41) is 0.694. The molecule has 4 heteroatoms. The first-order valence-electron chi connectivity index (χ1n) is 2.82. The lowest BCUT2D eigenvalue weighted by Crippen LogP contribution is -2.28. The molecule has 1 heterocycles. The van der Waals surface area contributed by atoms with Crippen LogP contribution in [0.1, 0.15) is 13.3 Å². The summed E-state index contributed by atoms with van der Waals surface area (Å²) in [4.78, 5) is 0. The minimum Gasteiger partial charge on any atom is -0.192 e. The lowest BCUT2D eigenvalue weighted by Gasteiger charge is -2.17. The zero-order valence-corrected chi connectivity index (χ0v) is 5.09. The molecule has 0 aliphatic carbocycles. The van der Waals surface area contributed by atoms with Gasteiger partial charge >= 0.3 is 0 Å². The van der Waals surface area contributed by atoms with E-state index in [1.807, 2.05) is 0 Å². The predicted octanol–water partition coefficient (Wildman–Crippen LogP) is 1.58. The topological polar surface area (TPSA) is 6.48 Å². The smallest absolute Gasteiger partial charge is 0.160 e. The molecule has 0 unspecified atom stereocenters. The highest BCUT2D eigenvalue weighted by Gasteiger charge is 2.24. The van der Waals surface area contributed by atoms with Crippen molar-refractivity contribution in [1.29, 1.82) is 0 Å². The Morgan fingerprint density at radius 1 is 1.33 bits per heavy atom. The summed E-state index contributed by atoms with van der Waals surface area (Å²) in [5.74, 6) is 0. The minimum atomic E-state index is -0.745. The summed E-state index contributed by atoms with van der Waals surface area (Å²) >= 11 is 0. The van der Waals surface area contributed by atoms with E-state index in [2.05, 4.69) is 0 Å². The second kappa shape index (κ2) is 2.21. The second-order valence-electron chi connectivity index (χ2n) is 1.88. The molecule has 0 bridgehead atoms. The van der Waals surface area contributed by atoms with Gasteiger partial charge in [0.15, 0.2) is 6.17 Å². The fourth-order valence-corrected chi connectivity index (χ4v) is 0.780. The molecular formula is C5H8F2N2. The van der Waals surface area contributed by atoms with E-state index in [1.54, 1.807) is 6.92 Å². The van der Waals surface area contributed by atoms with E-state index in [-0.39, 0.29) is 0 Å². The van der Waals surface area contributed by atoms with Crippen LogP contribution in [0.4, 0.5) is 8.96 Å². The van der Waals surface area contributed by atoms with Crippen molar-refractivity contribution in [3.8, 4) is 0 Å². The second-order valence-corrected chi connectivity index (χ2v) is 1.88. The van der Waals surface area contributed by atoms with Crippen molar-refractivity contribution in [2.75, 3.05) is 0 Å². The maximum Gasteiger partial charge on any atom is 0.160 e. The third-order valence-corrected chi connectivity index (χ3v) is 1.29. The molecule has 0 aromatic carbocycles. The molecule has 0 N–H and O–H groups in total. The molecule has 0 aromatic rings. The fourth-order valence-electron chi connectivity index (χ4n) is 0.780. The zero-order valence-electron chi connectivity index (χ0n) is 5.09. The van der Waals surface area contributed by atoms with Crippen LogP contribution in [-0.2, 0) is 0 Å². The summed E-state index contributed by atoms with van der Waals surface area (Å²) in [6, 6.07) is 0. The van der Waals surface area contributed by atoms with Crippen LogP contribution in [0, 0.1) is 0 Å². The maximum absolute atomic E-state index is 12.3. The molecule has 1 rings (SSSR count).